The van der Waals surface area contributed by atoms with Crippen molar-refractivity contribution in [1.29, 1.82) is 0 Å². The molecule has 1 aromatic heterocycles. The van der Waals surface area contributed by atoms with E-state index in [2.05, 4.69) is 10.6 Å². The van der Waals surface area contributed by atoms with E-state index in [4.69, 9.17) is 0 Å². The molecule has 1 saturated heterocycles. The average Bonchev–Trinajstić information content (AvgIpc) is 3.26. The topological polar surface area (TPSA) is 116 Å². The predicted molar refractivity (Wildman–Crippen MR) is 104 cm³/mol. The number of phenolic OH excluding ortho intramolecular Hbond substituents is 1. The van der Waals surface area contributed by atoms with E-state index in [9.17, 15) is 23.1 Å². The fraction of sp³-hybridized carbons (Fsp3) is 0.294. The highest BCUT2D eigenvalue weighted by Crippen LogP contribution is 2.32. The Morgan fingerprint density at radius 1 is 1.30 bits per heavy atom. The van der Waals surface area contributed by atoms with Gasteiger partial charge in [-0.15, -0.1) is 11.3 Å². The molecule has 0 radical (unpaired) electrons. The maximum Gasteiger partial charge on any atom is 0.261 e. The zero-order valence-electron chi connectivity index (χ0n) is 14.5. The molecule has 1 aliphatic rings. The summed E-state index contributed by atoms with van der Waals surface area (Å²) < 4.78 is 25.4. The summed E-state index contributed by atoms with van der Waals surface area (Å²) in [5.41, 5.74) is 0.452. The van der Waals surface area contributed by atoms with Gasteiger partial charge in [-0.1, -0.05) is 6.07 Å². The molecule has 2 aromatic rings. The van der Waals surface area contributed by atoms with Gasteiger partial charge in [0, 0.05) is 6.54 Å². The lowest BCUT2D eigenvalue weighted by atomic mass is 10.2. The Morgan fingerprint density at radius 2 is 2.07 bits per heavy atom. The second-order valence-electron chi connectivity index (χ2n) is 6.10. The van der Waals surface area contributed by atoms with Gasteiger partial charge >= 0.3 is 0 Å². The smallest absolute Gasteiger partial charge is 0.261 e. The fourth-order valence-corrected chi connectivity index (χ4v) is 4.87. The van der Waals surface area contributed by atoms with Crippen LogP contribution in [0.4, 0.5) is 11.4 Å². The molecule has 1 aliphatic heterocycles. The molecule has 0 saturated carbocycles. The number of carbonyl (C=O) groups excluding carboxylic acids is 2. The molecule has 8 nitrogen and oxygen atoms in total. The van der Waals surface area contributed by atoms with Gasteiger partial charge in [0.25, 0.3) is 5.91 Å². The summed E-state index contributed by atoms with van der Waals surface area (Å²) in [6.45, 7) is 1.88. The van der Waals surface area contributed by atoms with Gasteiger partial charge in [0.05, 0.1) is 22.0 Å². The van der Waals surface area contributed by atoms with Gasteiger partial charge in [0.1, 0.15) is 11.8 Å². The number of amides is 2. The van der Waals surface area contributed by atoms with Crippen LogP contribution in [0, 0.1) is 0 Å². The largest absolute Gasteiger partial charge is 0.506 e. The summed E-state index contributed by atoms with van der Waals surface area (Å²) in [6.07, 6.45) is 0.524. The Bertz CT molecular complexity index is 957. The van der Waals surface area contributed by atoms with Crippen molar-refractivity contribution in [3.63, 3.8) is 0 Å². The van der Waals surface area contributed by atoms with E-state index in [-0.39, 0.29) is 23.1 Å². The van der Waals surface area contributed by atoms with Crippen LogP contribution in [0.2, 0.25) is 0 Å². The third-order valence-electron chi connectivity index (χ3n) is 4.11. The van der Waals surface area contributed by atoms with Crippen molar-refractivity contribution in [2.45, 2.75) is 19.4 Å². The first kappa shape index (κ1) is 19.2. The number of sulfonamides is 1. The Hall–Kier alpha value is -2.59. The number of hydrogen-bond donors (Lipinski definition) is 3. The number of anilines is 2. The third-order valence-corrected chi connectivity index (χ3v) is 6.85. The summed E-state index contributed by atoms with van der Waals surface area (Å²) >= 11 is 1.26. The molecule has 144 valence electrons. The van der Waals surface area contributed by atoms with Crippen molar-refractivity contribution in [1.82, 2.24) is 5.32 Å². The number of nitrogens with zero attached hydrogens (tertiary/aromatic N) is 1. The first-order valence-electron chi connectivity index (χ1n) is 8.26. The number of phenols is 1. The van der Waals surface area contributed by atoms with E-state index in [0.29, 0.717) is 23.5 Å². The second-order valence-corrected chi connectivity index (χ2v) is 9.07. The molecular formula is C17H19N3O5S2. The molecule has 1 aromatic carbocycles. The van der Waals surface area contributed by atoms with Crippen LogP contribution in [0.3, 0.4) is 0 Å². The zero-order valence-corrected chi connectivity index (χ0v) is 16.1. The van der Waals surface area contributed by atoms with Gasteiger partial charge in [-0.05, 0) is 43.0 Å². The summed E-state index contributed by atoms with van der Waals surface area (Å²) in [7, 11) is -3.37. The van der Waals surface area contributed by atoms with Crippen molar-refractivity contribution < 1.29 is 23.1 Å². The van der Waals surface area contributed by atoms with Gasteiger partial charge in [-0.25, -0.2) is 8.42 Å². The van der Waals surface area contributed by atoms with Crippen LogP contribution in [0.5, 0.6) is 5.75 Å². The number of rotatable bonds is 5. The van der Waals surface area contributed by atoms with Crippen LogP contribution in [-0.4, -0.2) is 43.7 Å². The molecule has 10 heteroatoms. The molecule has 0 bridgehead atoms. The lowest BCUT2D eigenvalue weighted by molar-refractivity contribution is -0.117. The van der Waals surface area contributed by atoms with Crippen LogP contribution in [0.15, 0.2) is 35.7 Å². The normalized spacial score (nSPS) is 16.7. The van der Waals surface area contributed by atoms with Crippen molar-refractivity contribution in [2.24, 2.45) is 0 Å². The summed E-state index contributed by atoms with van der Waals surface area (Å²) in [6, 6.07) is 6.75. The van der Waals surface area contributed by atoms with Crippen molar-refractivity contribution in [2.75, 3.05) is 21.9 Å². The van der Waals surface area contributed by atoms with E-state index in [1.165, 1.54) is 40.8 Å². The minimum Gasteiger partial charge on any atom is -0.506 e. The SMILES string of the molecule is CC(NC(=O)c1cccs1)C(=O)Nc1cc(N2CCCS2(=O)=O)ccc1O. The van der Waals surface area contributed by atoms with E-state index < -0.39 is 22.0 Å². The van der Waals surface area contributed by atoms with Gasteiger partial charge in [0.2, 0.25) is 15.9 Å². The Kier molecular flexibility index (Phi) is 5.38. The van der Waals surface area contributed by atoms with Crippen molar-refractivity contribution in [3.8, 4) is 5.75 Å². The van der Waals surface area contributed by atoms with Crippen LogP contribution in [0.25, 0.3) is 0 Å². The lowest BCUT2D eigenvalue weighted by Gasteiger charge is -2.19. The summed E-state index contributed by atoms with van der Waals surface area (Å²) in [5.74, 6) is -1.02. The highest BCUT2D eigenvalue weighted by Gasteiger charge is 2.29. The molecular weight excluding hydrogens is 390 g/mol. The van der Waals surface area contributed by atoms with Gasteiger partial charge < -0.3 is 15.7 Å². The van der Waals surface area contributed by atoms with E-state index in [1.807, 2.05) is 0 Å². The Morgan fingerprint density at radius 3 is 2.70 bits per heavy atom. The molecule has 1 atom stereocenters. The van der Waals surface area contributed by atoms with Crippen molar-refractivity contribution in [3.05, 3.63) is 40.6 Å². The molecule has 2 amide bonds. The van der Waals surface area contributed by atoms with E-state index >= 15 is 0 Å². The highest BCUT2D eigenvalue weighted by atomic mass is 32.2. The maximum atomic E-state index is 12.4. The number of carbonyl (C=O) groups is 2. The van der Waals surface area contributed by atoms with Crippen LogP contribution in [-0.2, 0) is 14.8 Å². The van der Waals surface area contributed by atoms with Crippen LogP contribution < -0.4 is 14.9 Å². The lowest BCUT2D eigenvalue weighted by Crippen LogP contribution is -2.41. The minimum absolute atomic E-state index is 0.0708. The summed E-state index contributed by atoms with van der Waals surface area (Å²) in [4.78, 5) is 24.9. The van der Waals surface area contributed by atoms with E-state index in [1.54, 1.807) is 17.5 Å². The second kappa shape index (κ2) is 7.57. The van der Waals surface area contributed by atoms with Crippen LogP contribution >= 0.6 is 11.3 Å². The molecule has 1 fully saturated rings. The number of benzene rings is 1. The summed E-state index contributed by atoms with van der Waals surface area (Å²) in [5, 5.41) is 16.9. The predicted octanol–water partition coefficient (Wildman–Crippen LogP) is 1.75. The highest BCUT2D eigenvalue weighted by molar-refractivity contribution is 7.93. The number of hydrogen-bond acceptors (Lipinski definition) is 6. The van der Waals surface area contributed by atoms with Gasteiger partial charge in [-0.3, -0.25) is 13.9 Å². The molecule has 27 heavy (non-hydrogen) atoms. The fourth-order valence-electron chi connectivity index (χ4n) is 2.69. The van der Waals surface area contributed by atoms with Gasteiger partial charge in [0.15, 0.2) is 0 Å². The Labute approximate surface area is 160 Å². The van der Waals surface area contributed by atoms with Crippen molar-refractivity contribution >= 4 is 44.5 Å². The quantitative estimate of drug-likeness (QED) is 0.651. The average molecular weight is 409 g/mol. The molecule has 3 rings (SSSR count). The number of thiophene rings is 1. The monoisotopic (exact) mass is 409 g/mol. The number of nitrogens with one attached hydrogen (secondary N) is 2. The maximum absolute atomic E-state index is 12.4. The molecule has 2 heterocycles. The molecule has 1 unspecified atom stereocenters. The van der Waals surface area contributed by atoms with E-state index in [0.717, 1.165) is 0 Å². The van der Waals surface area contributed by atoms with Gasteiger partial charge in [-0.2, -0.15) is 0 Å². The number of aromatic hydroxyl groups is 1. The molecule has 0 aliphatic carbocycles. The first-order chi connectivity index (χ1) is 12.8. The first-order valence-corrected chi connectivity index (χ1v) is 10.8. The standard InChI is InChI=1S/C17H19N3O5S2/c1-11(18-17(23)15-4-2-8-26-15)16(22)19-13-10-12(5-6-14(13)21)20-7-3-9-27(20,24)25/h2,4-6,8,10-11,21H,3,7,9H2,1H3,(H,18,23)(H,19,22). The zero-order chi connectivity index (χ0) is 19.6. The molecule has 0 spiro atoms. The third kappa shape index (κ3) is 4.22. The Balaban J connectivity index is 1.72. The minimum atomic E-state index is -3.37. The van der Waals surface area contributed by atoms with Crippen LogP contribution in [0.1, 0.15) is 23.0 Å². The molecule has 3 N–H and O–H groups in total.